The van der Waals surface area contributed by atoms with Crippen LogP contribution < -0.4 is 0 Å². The lowest BCUT2D eigenvalue weighted by Gasteiger charge is -2.29. The molecule has 2 aliphatic rings. The maximum atomic E-state index is 4.30. The maximum absolute atomic E-state index is 4.30. The van der Waals surface area contributed by atoms with E-state index in [1.165, 1.54) is 114 Å². The van der Waals surface area contributed by atoms with Gasteiger partial charge in [0.25, 0.3) is 0 Å². The van der Waals surface area contributed by atoms with Crippen molar-refractivity contribution >= 4 is 0 Å². The van der Waals surface area contributed by atoms with Gasteiger partial charge in [-0.25, -0.2) is 19.9 Å². The second-order valence-corrected chi connectivity index (χ2v) is 15.5. The van der Waals surface area contributed by atoms with Crippen molar-refractivity contribution in [2.75, 3.05) is 0 Å². The summed E-state index contributed by atoms with van der Waals surface area (Å²) in [5.41, 5.74) is 7.23. The van der Waals surface area contributed by atoms with E-state index in [9.17, 15) is 0 Å². The summed E-state index contributed by atoms with van der Waals surface area (Å²) in [4.78, 5) is 17.1. The third-order valence-corrected chi connectivity index (χ3v) is 11.4. The molecule has 0 saturated heterocycles. The van der Waals surface area contributed by atoms with E-state index < -0.39 is 0 Å². The molecule has 0 unspecified atom stereocenters. The maximum Gasteiger partial charge on any atom is 0.205 e. The number of benzene rings is 2. The summed E-state index contributed by atoms with van der Waals surface area (Å²) in [5.74, 6) is 17.1. The van der Waals surface area contributed by atoms with Crippen molar-refractivity contribution in [1.29, 1.82) is 0 Å². The van der Waals surface area contributed by atoms with Crippen LogP contribution in [0.25, 0.3) is 0 Å². The topological polar surface area (TPSA) is 51.6 Å². The minimum atomic E-state index is 0.584. The third-order valence-electron chi connectivity index (χ3n) is 11.4. The van der Waals surface area contributed by atoms with Crippen LogP contribution in [0.1, 0.15) is 180 Å². The third kappa shape index (κ3) is 13.6. The van der Waals surface area contributed by atoms with Crippen LogP contribution in [0.5, 0.6) is 0 Å². The Balaban J connectivity index is 0.000000204. The first kappa shape index (κ1) is 39.9. The molecule has 2 aromatic heterocycles. The standard InChI is InChI=1S/C25H32N2.C24H30N2/c1-3-5-6-7-21-8-13-23(14-9-21)24-15-10-22(11-16-24)12-17-25-26-18-20(4-2)19-27-25;1-3-4-5-6-20-7-12-22(13-8-20)23-14-9-21(10-15-23)11-16-24-25-17-19(2)18-26-24/h10-11,15-16,18-19,21,23H,3-9,13-14H2,1-2H3;9-10,14-15,17-18,20,22H,3-8,12-13H2,1-2H3/t21-,23-;20-,22-. The van der Waals surface area contributed by atoms with Gasteiger partial charge in [0, 0.05) is 35.9 Å². The van der Waals surface area contributed by atoms with E-state index >= 15 is 0 Å². The molecule has 2 heterocycles. The first-order valence-electron chi connectivity index (χ1n) is 20.9. The molecule has 2 aromatic carbocycles. The second kappa shape index (κ2) is 22.1. The van der Waals surface area contributed by atoms with Gasteiger partial charge in [-0.2, -0.15) is 0 Å². The van der Waals surface area contributed by atoms with Gasteiger partial charge < -0.3 is 0 Å². The van der Waals surface area contributed by atoms with E-state index in [0.29, 0.717) is 11.6 Å². The Morgan fingerprint density at radius 1 is 0.491 bits per heavy atom. The molecule has 0 N–H and O–H groups in total. The number of aryl methyl sites for hydroxylation is 2. The molecule has 53 heavy (non-hydrogen) atoms. The highest BCUT2D eigenvalue weighted by molar-refractivity contribution is 5.41. The summed E-state index contributed by atoms with van der Waals surface area (Å²) < 4.78 is 0. The summed E-state index contributed by atoms with van der Waals surface area (Å²) in [6, 6.07) is 17.7. The van der Waals surface area contributed by atoms with E-state index in [1.807, 2.05) is 19.3 Å². The molecule has 0 spiro atoms. The smallest absolute Gasteiger partial charge is 0.205 e. The minimum absolute atomic E-state index is 0.584. The second-order valence-electron chi connectivity index (χ2n) is 15.5. The Hall–Kier alpha value is -4.28. The van der Waals surface area contributed by atoms with Crippen LogP contribution in [0.15, 0.2) is 73.3 Å². The molecule has 2 fully saturated rings. The Morgan fingerprint density at radius 2 is 0.887 bits per heavy atom. The van der Waals surface area contributed by atoms with E-state index in [0.717, 1.165) is 52.3 Å². The summed E-state index contributed by atoms with van der Waals surface area (Å²) in [5, 5.41) is 0. The highest BCUT2D eigenvalue weighted by atomic mass is 14.9. The van der Waals surface area contributed by atoms with Gasteiger partial charge >= 0.3 is 0 Å². The Labute approximate surface area is 321 Å². The van der Waals surface area contributed by atoms with Crippen molar-refractivity contribution in [3.63, 3.8) is 0 Å². The van der Waals surface area contributed by atoms with Crippen molar-refractivity contribution in [2.24, 2.45) is 11.8 Å². The molecule has 4 aromatic rings. The number of hydrogen-bond donors (Lipinski definition) is 0. The van der Waals surface area contributed by atoms with Gasteiger partial charge in [-0.1, -0.05) is 108 Å². The highest BCUT2D eigenvalue weighted by Crippen LogP contribution is 2.39. The molecule has 0 bridgehead atoms. The van der Waals surface area contributed by atoms with E-state index in [-0.39, 0.29) is 0 Å². The zero-order valence-electron chi connectivity index (χ0n) is 33.0. The summed E-state index contributed by atoms with van der Waals surface area (Å²) in [6.07, 6.45) is 30.5. The van der Waals surface area contributed by atoms with E-state index in [1.54, 1.807) is 12.4 Å². The van der Waals surface area contributed by atoms with Crippen molar-refractivity contribution in [1.82, 2.24) is 19.9 Å². The van der Waals surface area contributed by atoms with Crippen LogP contribution in [0, 0.1) is 42.4 Å². The average molecular weight is 707 g/mol. The molecule has 278 valence electrons. The van der Waals surface area contributed by atoms with Gasteiger partial charge in [-0.3, -0.25) is 0 Å². The number of aromatic nitrogens is 4. The first-order chi connectivity index (χ1) is 26.0. The number of rotatable bonds is 11. The molecular formula is C49H62N4. The monoisotopic (exact) mass is 706 g/mol. The number of hydrogen-bond acceptors (Lipinski definition) is 4. The molecule has 0 atom stereocenters. The SMILES string of the molecule is CCCCC[C@H]1CC[C@H](c2ccc(C#Cc3ncc(C)cn3)cc2)CC1.CCCCC[C@H]1CC[C@H](c2ccc(C#Cc3ncc(CC)cn3)cc2)CC1. The molecule has 4 nitrogen and oxygen atoms in total. The molecular weight excluding hydrogens is 645 g/mol. The van der Waals surface area contributed by atoms with Gasteiger partial charge in [-0.05, 0) is 147 Å². The average Bonchev–Trinajstić information content (AvgIpc) is 3.21. The van der Waals surface area contributed by atoms with Crippen LogP contribution in [-0.4, -0.2) is 19.9 Å². The van der Waals surface area contributed by atoms with Crippen LogP contribution in [-0.2, 0) is 6.42 Å². The van der Waals surface area contributed by atoms with Gasteiger partial charge in [0.2, 0.25) is 11.6 Å². The van der Waals surface area contributed by atoms with Gasteiger partial charge in [0.15, 0.2) is 0 Å². The Morgan fingerprint density at radius 3 is 1.26 bits per heavy atom. The van der Waals surface area contributed by atoms with Crippen LogP contribution in [0.4, 0.5) is 0 Å². The fourth-order valence-corrected chi connectivity index (χ4v) is 7.93. The summed E-state index contributed by atoms with van der Waals surface area (Å²) in [7, 11) is 0. The molecule has 6 rings (SSSR count). The van der Waals surface area contributed by atoms with Crippen LogP contribution in [0.3, 0.4) is 0 Å². The first-order valence-corrected chi connectivity index (χ1v) is 20.9. The molecule has 2 aliphatic carbocycles. The molecule has 2 saturated carbocycles. The lowest BCUT2D eigenvalue weighted by Crippen LogP contribution is -2.13. The van der Waals surface area contributed by atoms with Crippen molar-refractivity contribution in [2.45, 2.75) is 149 Å². The molecule has 4 heteroatoms. The number of nitrogens with zero attached hydrogens (tertiary/aromatic N) is 4. The van der Waals surface area contributed by atoms with Crippen LogP contribution in [0.2, 0.25) is 0 Å². The van der Waals surface area contributed by atoms with Gasteiger partial charge in [0.05, 0.1) is 0 Å². The van der Waals surface area contributed by atoms with Crippen LogP contribution >= 0.6 is 0 Å². The van der Waals surface area contributed by atoms with Crippen molar-refractivity contribution in [3.05, 3.63) is 118 Å². The van der Waals surface area contributed by atoms with Crippen molar-refractivity contribution in [3.8, 4) is 23.7 Å². The fourth-order valence-electron chi connectivity index (χ4n) is 7.93. The largest absolute Gasteiger partial charge is 0.229 e. The van der Waals surface area contributed by atoms with Gasteiger partial charge in [-0.15, -0.1) is 0 Å². The lowest BCUT2D eigenvalue weighted by atomic mass is 9.77. The normalized spacial score (nSPS) is 19.5. The lowest BCUT2D eigenvalue weighted by molar-refractivity contribution is 0.303. The molecule has 0 radical (unpaired) electrons. The van der Waals surface area contributed by atoms with E-state index in [2.05, 4.69) is 113 Å². The van der Waals surface area contributed by atoms with Crippen molar-refractivity contribution < 1.29 is 0 Å². The highest BCUT2D eigenvalue weighted by Gasteiger charge is 2.23. The summed E-state index contributed by atoms with van der Waals surface area (Å²) in [6.45, 7) is 8.66. The zero-order valence-corrected chi connectivity index (χ0v) is 33.0. The summed E-state index contributed by atoms with van der Waals surface area (Å²) >= 11 is 0. The Kier molecular flexibility index (Phi) is 16.6. The number of unbranched alkanes of at least 4 members (excludes halogenated alkanes) is 4. The fraction of sp³-hybridized carbons (Fsp3) is 0.510. The Bertz CT molecular complexity index is 1740. The molecule has 0 aliphatic heterocycles. The van der Waals surface area contributed by atoms with Gasteiger partial charge in [0.1, 0.15) is 0 Å². The molecule has 0 amide bonds. The quantitative estimate of drug-likeness (QED) is 0.115. The minimum Gasteiger partial charge on any atom is -0.229 e. The predicted octanol–water partition coefficient (Wildman–Crippen LogP) is 12.3. The van der Waals surface area contributed by atoms with E-state index in [4.69, 9.17) is 0 Å². The predicted molar refractivity (Wildman–Crippen MR) is 221 cm³/mol. The zero-order chi connectivity index (χ0) is 37.1.